The molecule has 0 saturated carbocycles. The highest BCUT2D eigenvalue weighted by Gasteiger charge is 2.22. The molecule has 0 aromatic carbocycles. The summed E-state index contributed by atoms with van der Waals surface area (Å²) in [5, 5.41) is 7.16. The Morgan fingerprint density at radius 2 is 1.88 bits per heavy atom. The second-order valence-corrected chi connectivity index (χ2v) is 6.86. The molecule has 8 heteroatoms. The Morgan fingerprint density at radius 1 is 1.24 bits per heavy atom. The number of likely N-dealkylation sites (N-methyl/N-ethyl adjacent to an activating group) is 2. The van der Waals surface area contributed by atoms with Gasteiger partial charge < -0.3 is 19.6 Å². The Kier molecular flexibility index (Phi) is 7.86. The zero-order chi connectivity index (χ0) is 19.0. The lowest BCUT2D eigenvalue weighted by atomic mass is 9.97. The molecule has 25 heavy (non-hydrogen) atoms. The minimum Gasteiger partial charge on any atom is -0.357 e. The number of carbonyl (C=O) groups is 1. The molecule has 1 N–H and O–H groups in total. The van der Waals surface area contributed by atoms with Crippen molar-refractivity contribution in [2.24, 2.45) is 4.99 Å². The van der Waals surface area contributed by atoms with Crippen LogP contribution in [0, 0.1) is 0 Å². The third kappa shape index (κ3) is 6.36. The Bertz CT molecular complexity index is 572. The number of amides is 1. The predicted molar refractivity (Wildman–Crippen MR) is 98.4 cm³/mol. The molecule has 1 aromatic rings. The van der Waals surface area contributed by atoms with Gasteiger partial charge in [-0.2, -0.15) is 4.98 Å². The van der Waals surface area contributed by atoms with Crippen LogP contribution < -0.4 is 5.32 Å². The van der Waals surface area contributed by atoms with Gasteiger partial charge in [-0.15, -0.1) is 0 Å². The molecule has 0 unspecified atom stereocenters. The summed E-state index contributed by atoms with van der Waals surface area (Å²) in [6.07, 6.45) is 0. The SMILES string of the molecule is CCNC(=NCc1noc(C(C)(C)C)n1)N(C)CC(=O)N(CC)CC. The first-order valence-electron chi connectivity index (χ1n) is 8.83. The fourth-order valence-corrected chi connectivity index (χ4v) is 2.19. The van der Waals surface area contributed by atoms with E-state index in [1.807, 2.05) is 53.5 Å². The molecule has 0 bridgehead atoms. The number of aromatic nitrogens is 2. The molecule has 0 atom stereocenters. The Balaban J connectivity index is 2.79. The smallest absolute Gasteiger partial charge is 0.242 e. The minimum atomic E-state index is -0.188. The molecule has 1 amide bonds. The van der Waals surface area contributed by atoms with E-state index in [-0.39, 0.29) is 17.9 Å². The zero-order valence-corrected chi connectivity index (χ0v) is 16.6. The van der Waals surface area contributed by atoms with E-state index in [4.69, 9.17) is 4.52 Å². The van der Waals surface area contributed by atoms with Crippen molar-refractivity contribution in [1.29, 1.82) is 0 Å². The van der Waals surface area contributed by atoms with Crippen LogP contribution in [0.2, 0.25) is 0 Å². The van der Waals surface area contributed by atoms with Gasteiger partial charge in [-0.25, -0.2) is 4.99 Å². The van der Waals surface area contributed by atoms with Gasteiger partial charge in [0.25, 0.3) is 0 Å². The predicted octanol–water partition coefficient (Wildman–Crippen LogP) is 1.63. The highest BCUT2D eigenvalue weighted by molar-refractivity contribution is 5.86. The number of rotatable bonds is 7. The maximum Gasteiger partial charge on any atom is 0.242 e. The van der Waals surface area contributed by atoms with Crippen molar-refractivity contribution in [2.45, 2.75) is 53.5 Å². The molecule has 1 heterocycles. The molecule has 0 radical (unpaired) electrons. The summed E-state index contributed by atoms with van der Waals surface area (Å²) >= 11 is 0. The summed E-state index contributed by atoms with van der Waals surface area (Å²) in [5.41, 5.74) is -0.188. The van der Waals surface area contributed by atoms with Crippen molar-refractivity contribution >= 4 is 11.9 Å². The van der Waals surface area contributed by atoms with Crippen LogP contribution in [-0.4, -0.2) is 65.0 Å². The summed E-state index contributed by atoms with van der Waals surface area (Å²) in [4.78, 5) is 24.8. The number of aliphatic imine (C=N–C) groups is 1. The van der Waals surface area contributed by atoms with Crippen LogP contribution in [0.15, 0.2) is 9.52 Å². The number of hydrogen-bond acceptors (Lipinski definition) is 5. The average molecular weight is 352 g/mol. The van der Waals surface area contributed by atoms with Crippen LogP contribution in [0.25, 0.3) is 0 Å². The topological polar surface area (TPSA) is 86.9 Å². The van der Waals surface area contributed by atoms with E-state index < -0.39 is 0 Å². The van der Waals surface area contributed by atoms with Crippen molar-refractivity contribution in [3.05, 3.63) is 11.7 Å². The standard InChI is InChI=1S/C17H32N6O2/c1-8-18-16(22(7)12-14(24)23(9-2)10-3)19-11-13-20-15(25-21-13)17(4,5)6/h8-12H2,1-7H3,(H,18,19). The van der Waals surface area contributed by atoms with E-state index in [1.54, 1.807) is 4.90 Å². The highest BCUT2D eigenvalue weighted by Crippen LogP contribution is 2.19. The van der Waals surface area contributed by atoms with Crippen molar-refractivity contribution in [3.63, 3.8) is 0 Å². The van der Waals surface area contributed by atoms with Crippen LogP contribution >= 0.6 is 0 Å². The van der Waals surface area contributed by atoms with Crippen LogP contribution in [0.4, 0.5) is 0 Å². The third-order valence-corrected chi connectivity index (χ3v) is 3.66. The molecule has 0 aliphatic carbocycles. The molecule has 0 spiro atoms. The highest BCUT2D eigenvalue weighted by atomic mass is 16.5. The van der Waals surface area contributed by atoms with Gasteiger partial charge in [-0.3, -0.25) is 4.79 Å². The van der Waals surface area contributed by atoms with E-state index in [2.05, 4.69) is 20.4 Å². The molecular weight excluding hydrogens is 320 g/mol. The second kappa shape index (κ2) is 9.39. The van der Waals surface area contributed by atoms with Crippen LogP contribution in [0.3, 0.4) is 0 Å². The van der Waals surface area contributed by atoms with E-state index in [0.29, 0.717) is 43.9 Å². The van der Waals surface area contributed by atoms with Gasteiger partial charge in [0.05, 0.1) is 6.54 Å². The largest absolute Gasteiger partial charge is 0.357 e. The van der Waals surface area contributed by atoms with Gasteiger partial charge in [0.1, 0.15) is 6.54 Å². The first-order chi connectivity index (χ1) is 11.7. The van der Waals surface area contributed by atoms with E-state index in [1.165, 1.54) is 0 Å². The molecule has 0 aliphatic heterocycles. The van der Waals surface area contributed by atoms with Crippen LogP contribution in [0.1, 0.15) is 53.3 Å². The quantitative estimate of drug-likeness (QED) is 0.593. The molecule has 0 fully saturated rings. The number of nitrogens with zero attached hydrogens (tertiary/aromatic N) is 5. The van der Waals surface area contributed by atoms with Crippen molar-refractivity contribution < 1.29 is 9.32 Å². The summed E-state index contributed by atoms with van der Waals surface area (Å²) in [6.45, 7) is 14.7. The van der Waals surface area contributed by atoms with E-state index in [0.717, 1.165) is 0 Å². The van der Waals surface area contributed by atoms with Gasteiger partial charge in [-0.1, -0.05) is 25.9 Å². The van der Waals surface area contributed by atoms with Gasteiger partial charge in [0.2, 0.25) is 11.8 Å². The lowest BCUT2D eigenvalue weighted by Crippen LogP contribution is -2.45. The zero-order valence-electron chi connectivity index (χ0n) is 16.6. The van der Waals surface area contributed by atoms with Crippen LogP contribution in [-0.2, 0) is 16.8 Å². The Labute approximate surface area is 150 Å². The normalized spacial score (nSPS) is 12.2. The summed E-state index contributed by atoms with van der Waals surface area (Å²) in [5.74, 6) is 1.84. The Hall–Kier alpha value is -2.12. The molecular formula is C17H32N6O2. The summed E-state index contributed by atoms with van der Waals surface area (Å²) in [7, 11) is 1.85. The fraction of sp³-hybridized carbons (Fsp3) is 0.765. The maximum absolute atomic E-state index is 12.3. The number of carbonyl (C=O) groups excluding carboxylic acids is 1. The number of guanidine groups is 1. The first kappa shape index (κ1) is 20.9. The van der Waals surface area contributed by atoms with Gasteiger partial charge in [0, 0.05) is 32.1 Å². The molecule has 142 valence electrons. The Morgan fingerprint density at radius 3 is 2.36 bits per heavy atom. The van der Waals surface area contributed by atoms with Crippen molar-refractivity contribution in [2.75, 3.05) is 33.2 Å². The third-order valence-electron chi connectivity index (χ3n) is 3.66. The van der Waals surface area contributed by atoms with Gasteiger partial charge in [-0.05, 0) is 20.8 Å². The number of hydrogen-bond donors (Lipinski definition) is 1. The lowest BCUT2D eigenvalue weighted by molar-refractivity contribution is -0.131. The van der Waals surface area contributed by atoms with Gasteiger partial charge in [0.15, 0.2) is 11.8 Å². The van der Waals surface area contributed by atoms with Crippen molar-refractivity contribution in [1.82, 2.24) is 25.3 Å². The van der Waals surface area contributed by atoms with E-state index in [9.17, 15) is 4.79 Å². The molecule has 1 aromatic heterocycles. The molecule has 8 nitrogen and oxygen atoms in total. The monoisotopic (exact) mass is 352 g/mol. The number of nitrogens with one attached hydrogen (secondary N) is 1. The minimum absolute atomic E-state index is 0.0766. The van der Waals surface area contributed by atoms with E-state index >= 15 is 0 Å². The second-order valence-electron chi connectivity index (χ2n) is 6.86. The lowest BCUT2D eigenvalue weighted by Gasteiger charge is -2.25. The summed E-state index contributed by atoms with van der Waals surface area (Å²) in [6, 6.07) is 0. The van der Waals surface area contributed by atoms with Crippen LogP contribution in [0.5, 0.6) is 0 Å². The fourth-order valence-electron chi connectivity index (χ4n) is 2.19. The molecule has 1 rings (SSSR count). The average Bonchev–Trinajstić information content (AvgIpc) is 3.01. The van der Waals surface area contributed by atoms with Crippen molar-refractivity contribution in [3.8, 4) is 0 Å². The molecule has 0 aliphatic rings. The van der Waals surface area contributed by atoms with Gasteiger partial charge >= 0.3 is 0 Å². The molecule has 0 saturated heterocycles. The summed E-state index contributed by atoms with van der Waals surface area (Å²) < 4.78 is 5.28. The first-order valence-corrected chi connectivity index (χ1v) is 8.83. The maximum atomic E-state index is 12.3.